The molecular weight excluding hydrogens is 615 g/mol. The first-order chi connectivity index (χ1) is 19.7. The summed E-state index contributed by atoms with van der Waals surface area (Å²) >= 11 is -0.0388. The van der Waals surface area contributed by atoms with Crippen LogP contribution < -0.4 is 10.2 Å². The molecule has 5 heteroatoms. The molecule has 0 aromatic heterocycles. The average molecular weight is 684 g/mol. The van der Waals surface area contributed by atoms with Crippen LogP contribution in [-0.4, -0.2) is 33.1 Å². The predicted molar refractivity (Wildman–Crippen MR) is 175 cm³/mol. The van der Waals surface area contributed by atoms with Crippen LogP contribution in [0.3, 0.4) is 0 Å². The molecule has 0 saturated heterocycles. The van der Waals surface area contributed by atoms with E-state index in [1.807, 2.05) is 13.8 Å². The number of carboxylic acids is 2. The Morgan fingerprint density at radius 3 is 0.976 bits per heavy atom. The van der Waals surface area contributed by atoms with Gasteiger partial charge in [0.2, 0.25) is 0 Å². The number of unbranched alkanes of at least 4 members (excludes halogenated alkanes) is 4. The summed E-state index contributed by atoms with van der Waals surface area (Å²) in [7, 11) is 0. The van der Waals surface area contributed by atoms with Gasteiger partial charge in [-0.3, -0.25) is 0 Å². The molecule has 4 atom stereocenters. The molecule has 0 aliphatic heterocycles. The molecule has 0 spiro atoms. The van der Waals surface area contributed by atoms with E-state index in [1.165, 1.54) is 51.4 Å². The molecule has 4 nitrogen and oxygen atoms in total. The SMILES string of the molecule is CCCCC(CC)C/C(C(=O)[O-])=C(\CC(CC)CCCC)C(=O)[O-].CCCCC(CC)[CH2][Sn+2][CH2]C(CC)CCCC. The minimum atomic E-state index is -1.35. The third-order valence-electron chi connectivity index (χ3n) is 8.88. The van der Waals surface area contributed by atoms with Crippen molar-refractivity contribution < 1.29 is 19.8 Å². The van der Waals surface area contributed by atoms with Gasteiger partial charge in [-0.2, -0.15) is 0 Å². The Morgan fingerprint density at radius 1 is 0.488 bits per heavy atom. The van der Waals surface area contributed by atoms with Gasteiger partial charge in [-0.25, -0.2) is 0 Å². The summed E-state index contributed by atoms with van der Waals surface area (Å²) in [6.45, 7) is 17.7. The van der Waals surface area contributed by atoms with Crippen molar-refractivity contribution in [2.75, 3.05) is 0 Å². The minimum absolute atomic E-state index is 0.0388. The van der Waals surface area contributed by atoms with Crippen molar-refractivity contribution in [1.82, 2.24) is 0 Å². The van der Waals surface area contributed by atoms with E-state index in [4.69, 9.17) is 0 Å². The third kappa shape index (κ3) is 22.7. The molecule has 0 amide bonds. The van der Waals surface area contributed by atoms with Crippen molar-refractivity contribution in [1.29, 1.82) is 0 Å². The van der Waals surface area contributed by atoms with Crippen LogP contribution in [0.4, 0.5) is 0 Å². The summed E-state index contributed by atoms with van der Waals surface area (Å²) in [4.78, 5) is 23.2. The summed E-state index contributed by atoms with van der Waals surface area (Å²) in [5.74, 6) is -0.162. The molecule has 0 radical (unpaired) electrons. The molecule has 4 unspecified atom stereocenters. The summed E-state index contributed by atoms with van der Waals surface area (Å²) in [6, 6.07) is 0. The third-order valence-corrected chi connectivity index (χ3v) is 13.8. The Kier molecular flexibility index (Phi) is 30.7. The van der Waals surface area contributed by atoms with Crippen molar-refractivity contribution in [2.45, 2.75) is 180 Å². The second-order valence-electron chi connectivity index (χ2n) is 12.3. The van der Waals surface area contributed by atoms with Gasteiger partial charge >= 0.3 is 121 Å². The summed E-state index contributed by atoms with van der Waals surface area (Å²) < 4.78 is 3.31. The average Bonchev–Trinajstić information content (AvgIpc) is 2.97. The normalized spacial score (nSPS) is 14.6. The van der Waals surface area contributed by atoms with E-state index < -0.39 is 11.9 Å². The van der Waals surface area contributed by atoms with Crippen LogP contribution in [0, 0.1) is 23.7 Å². The molecule has 41 heavy (non-hydrogen) atoms. The number of rotatable bonds is 26. The number of hydrogen-bond acceptors (Lipinski definition) is 4. The van der Waals surface area contributed by atoms with Crippen molar-refractivity contribution in [3.63, 3.8) is 0 Å². The van der Waals surface area contributed by atoms with Gasteiger partial charge in [0, 0.05) is 0 Å². The molecule has 0 bridgehead atoms. The zero-order chi connectivity index (χ0) is 31.5. The van der Waals surface area contributed by atoms with Crippen molar-refractivity contribution in [3.8, 4) is 0 Å². The van der Waals surface area contributed by atoms with E-state index in [9.17, 15) is 19.8 Å². The zero-order valence-electron chi connectivity index (χ0n) is 28.6. The van der Waals surface area contributed by atoms with Crippen molar-refractivity contribution in [3.05, 3.63) is 11.1 Å². The Labute approximate surface area is 266 Å². The zero-order valence-corrected chi connectivity index (χ0v) is 31.4. The Morgan fingerprint density at radius 2 is 0.756 bits per heavy atom. The van der Waals surface area contributed by atoms with E-state index in [0.29, 0.717) is 0 Å². The maximum absolute atomic E-state index is 11.6. The fourth-order valence-electron chi connectivity index (χ4n) is 5.50. The molecule has 0 rings (SSSR count). The first kappa shape index (κ1) is 42.6. The summed E-state index contributed by atoms with van der Waals surface area (Å²) in [5.41, 5.74) is -0.0965. The fraction of sp³-hybridized carbons (Fsp3) is 0.889. The van der Waals surface area contributed by atoms with Gasteiger partial charge in [0.15, 0.2) is 0 Å². The molecule has 0 heterocycles. The molecule has 0 aromatic rings. The molecule has 0 aromatic carbocycles. The molecule has 0 N–H and O–H groups in total. The van der Waals surface area contributed by atoms with Gasteiger partial charge < -0.3 is 19.8 Å². The van der Waals surface area contributed by atoms with Crippen LogP contribution >= 0.6 is 0 Å². The van der Waals surface area contributed by atoms with E-state index >= 15 is 0 Å². The van der Waals surface area contributed by atoms with E-state index in [1.54, 1.807) is 8.87 Å². The van der Waals surface area contributed by atoms with Crippen molar-refractivity contribution >= 4 is 33.1 Å². The first-order valence-electron chi connectivity index (χ1n) is 17.5. The van der Waals surface area contributed by atoms with Crippen LogP contribution in [0.15, 0.2) is 11.1 Å². The predicted octanol–water partition coefficient (Wildman–Crippen LogP) is 8.96. The molecule has 0 aliphatic carbocycles. The summed E-state index contributed by atoms with van der Waals surface area (Å²) in [5, 5.41) is 23.2. The molecule has 240 valence electrons. The Hall–Kier alpha value is -0.521. The van der Waals surface area contributed by atoms with E-state index in [-0.39, 0.29) is 57.0 Å². The van der Waals surface area contributed by atoms with Crippen LogP contribution in [0.5, 0.6) is 0 Å². The second kappa shape index (κ2) is 29.5. The van der Waals surface area contributed by atoms with E-state index in [0.717, 1.165) is 63.2 Å². The number of carbonyl (C=O) groups is 2. The monoisotopic (exact) mass is 684 g/mol. The fourth-order valence-corrected chi connectivity index (χ4v) is 11.1. The maximum atomic E-state index is 11.6. The number of carboxylic acid groups (broad SMARTS) is 2. The van der Waals surface area contributed by atoms with Crippen LogP contribution in [-0.2, 0) is 9.59 Å². The van der Waals surface area contributed by atoms with Gasteiger partial charge in [-0.15, -0.1) is 0 Å². The van der Waals surface area contributed by atoms with Crippen LogP contribution in [0.1, 0.15) is 171 Å². The van der Waals surface area contributed by atoms with Gasteiger partial charge in [-0.1, -0.05) is 79.1 Å². The second-order valence-corrected chi connectivity index (χ2v) is 16.0. The van der Waals surface area contributed by atoms with Crippen molar-refractivity contribution in [2.24, 2.45) is 23.7 Å². The Bertz CT molecular complexity index is 606. The first-order valence-corrected chi connectivity index (χ1v) is 21.6. The van der Waals surface area contributed by atoms with Gasteiger partial charge in [0.1, 0.15) is 0 Å². The van der Waals surface area contributed by atoms with Crippen LogP contribution in [0.2, 0.25) is 8.87 Å². The van der Waals surface area contributed by atoms with Gasteiger partial charge in [-0.05, 0) is 35.8 Å². The Balaban J connectivity index is 0. The van der Waals surface area contributed by atoms with E-state index in [2.05, 4.69) is 41.5 Å². The number of hydrogen-bond donors (Lipinski definition) is 0. The number of carbonyl (C=O) groups excluding carboxylic acids is 2. The molecule has 0 saturated carbocycles. The molecule has 0 aliphatic rings. The topological polar surface area (TPSA) is 80.3 Å². The molecule has 0 fully saturated rings. The standard InChI is InChI=1S/C20H36O4.2C8H17.Sn/c1-5-9-11-15(7-3)13-17(19(21)22)18(20(23)24)14-16(8-4)12-10-6-2;2*1-4-6-7-8(3)5-2;/h15-16H,5-14H2,1-4H3,(H,21,22)(H,23,24);2*8H,3-7H2,1-2H3;/q;;;+2/p-2/b18-17-;;;. The molecular formula is C36H68O4Sn. The summed E-state index contributed by atoms with van der Waals surface area (Å²) in [6.07, 6.45) is 19.8. The number of aliphatic carboxylic acids is 2. The van der Waals surface area contributed by atoms with Gasteiger partial charge in [0.05, 0.1) is 11.9 Å². The van der Waals surface area contributed by atoms with Gasteiger partial charge in [0.25, 0.3) is 0 Å². The van der Waals surface area contributed by atoms with Crippen LogP contribution in [0.25, 0.3) is 0 Å². The quantitative estimate of drug-likeness (QED) is 0.0674.